The fraction of sp³-hybridized carbons (Fsp3) is 0.286. The van der Waals surface area contributed by atoms with Gasteiger partial charge in [-0.25, -0.2) is 13.6 Å². The second kappa shape index (κ2) is 5.51. The molecule has 2 aromatic rings. The van der Waals surface area contributed by atoms with Crippen LogP contribution >= 0.6 is 0 Å². The number of benzene rings is 1. The molecule has 2 N–H and O–H groups in total. The molecule has 1 heterocycles. The summed E-state index contributed by atoms with van der Waals surface area (Å²) in [6.07, 6.45) is 0. The van der Waals surface area contributed by atoms with Gasteiger partial charge in [0.25, 0.3) is 0 Å². The maximum Gasteiger partial charge on any atom is 0.338 e. The number of aromatic carboxylic acids is 1. The fourth-order valence-electron chi connectivity index (χ4n) is 2.11. The van der Waals surface area contributed by atoms with Gasteiger partial charge in [-0.2, -0.15) is 5.10 Å². The van der Waals surface area contributed by atoms with E-state index in [4.69, 9.17) is 5.11 Å². The zero-order valence-electron chi connectivity index (χ0n) is 11.9. The molecule has 1 aromatic heterocycles. The van der Waals surface area contributed by atoms with Crippen molar-refractivity contribution in [3.8, 4) is 0 Å². The number of aromatic nitrogens is 2. The molecule has 0 unspecified atom stereocenters. The van der Waals surface area contributed by atoms with Crippen molar-refractivity contribution in [2.75, 3.05) is 5.32 Å². The summed E-state index contributed by atoms with van der Waals surface area (Å²) in [7, 11) is 1.80. The van der Waals surface area contributed by atoms with Gasteiger partial charge in [-0.15, -0.1) is 0 Å². The van der Waals surface area contributed by atoms with Crippen molar-refractivity contribution in [3.05, 3.63) is 46.3 Å². The molecule has 7 heteroatoms. The van der Waals surface area contributed by atoms with E-state index in [1.54, 1.807) is 11.7 Å². The lowest BCUT2D eigenvalue weighted by molar-refractivity contribution is 0.0690. The molecule has 0 fully saturated rings. The predicted molar refractivity (Wildman–Crippen MR) is 73.3 cm³/mol. The van der Waals surface area contributed by atoms with Crippen molar-refractivity contribution >= 4 is 11.7 Å². The van der Waals surface area contributed by atoms with Gasteiger partial charge in [0.1, 0.15) is 0 Å². The molecule has 112 valence electrons. The number of carboxylic acid groups (broad SMARTS) is 1. The van der Waals surface area contributed by atoms with E-state index in [1.807, 2.05) is 13.8 Å². The van der Waals surface area contributed by atoms with Gasteiger partial charge < -0.3 is 10.4 Å². The van der Waals surface area contributed by atoms with Crippen LogP contribution in [0.15, 0.2) is 12.1 Å². The number of carboxylic acids is 1. The van der Waals surface area contributed by atoms with Crippen LogP contribution in [0.1, 0.15) is 27.3 Å². The molecule has 0 aliphatic heterocycles. The molecule has 1 aromatic carbocycles. The molecular weight excluding hydrogens is 280 g/mol. The van der Waals surface area contributed by atoms with Crippen molar-refractivity contribution in [1.29, 1.82) is 0 Å². The number of rotatable bonds is 4. The molecule has 21 heavy (non-hydrogen) atoms. The highest BCUT2D eigenvalue weighted by molar-refractivity contribution is 5.88. The molecule has 0 atom stereocenters. The summed E-state index contributed by atoms with van der Waals surface area (Å²) in [6, 6.07) is 2.24. The first-order valence-corrected chi connectivity index (χ1v) is 6.27. The fourth-order valence-corrected chi connectivity index (χ4v) is 2.11. The van der Waals surface area contributed by atoms with E-state index in [1.165, 1.54) is 6.07 Å². The van der Waals surface area contributed by atoms with E-state index < -0.39 is 23.2 Å². The largest absolute Gasteiger partial charge is 0.478 e. The summed E-state index contributed by atoms with van der Waals surface area (Å²) in [6.45, 7) is 3.98. The lowest BCUT2D eigenvalue weighted by Gasteiger charge is -2.09. The second-order valence-corrected chi connectivity index (χ2v) is 4.72. The molecule has 0 amide bonds. The Balaban J connectivity index is 2.25. The van der Waals surface area contributed by atoms with Crippen molar-refractivity contribution in [3.63, 3.8) is 0 Å². The molecule has 0 radical (unpaired) electrons. The van der Waals surface area contributed by atoms with Crippen LogP contribution in [0, 0.1) is 25.5 Å². The second-order valence-electron chi connectivity index (χ2n) is 4.72. The molecule has 0 spiro atoms. The number of nitrogens with one attached hydrogen (secondary N) is 1. The third kappa shape index (κ3) is 2.72. The minimum Gasteiger partial charge on any atom is -0.478 e. The highest BCUT2D eigenvalue weighted by Gasteiger charge is 2.18. The number of hydrogen-bond acceptors (Lipinski definition) is 3. The Hall–Kier alpha value is -2.44. The van der Waals surface area contributed by atoms with Crippen LogP contribution in [0.5, 0.6) is 0 Å². The molecule has 0 aliphatic carbocycles. The monoisotopic (exact) mass is 295 g/mol. The summed E-state index contributed by atoms with van der Waals surface area (Å²) in [5, 5.41) is 15.7. The summed E-state index contributed by atoms with van der Waals surface area (Å²) in [4.78, 5) is 10.7. The number of nitrogens with zero attached hydrogens (tertiary/aromatic N) is 2. The Kier molecular flexibility index (Phi) is 3.93. The van der Waals surface area contributed by atoms with E-state index in [9.17, 15) is 13.6 Å². The van der Waals surface area contributed by atoms with Gasteiger partial charge in [-0.3, -0.25) is 4.68 Å². The van der Waals surface area contributed by atoms with Gasteiger partial charge in [0, 0.05) is 24.8 Å². The first-order chi connectivity index (χ1) is 9.82. The third-order valence-corrected chi connectivity index (χ3v) is 3.43. The maximum atomic E-state index is 13.8. The lowest BCUT2D eigenvalue weighted by atomic mass is 10.1. The SMILES string of the molecule is Cc1nn(C)c(C)c1CNc1ccc(C(=O)O)c(F)c1F. The minimum atomic E-state index is -1.50. The Labute approximate surface area is 120 Å². The third-order valence-electron chi connectivity index (χ3n) is 3.43. The number of anilines is 1. The zero-order chi connectivity index (χ0) is 15.7. The quantitative estimate of drug-likeness (QED) is 0.910. The summed E-state index contributed by atoms with van der Waals surface area (Å²) in [5.41, 5.74) is 1.83. The summed E-state index contributed by atoms with van der Waals surface area (Å²) >= 11 is 0. The van der Waals surface area contributed by atoms with E-state index in [0.29, 0.717) is 0 Å². The van der Waals surface area contributed by atoms with Crippen LogP contribution in [-0.2, 0) is 13.6 Å². The van der Waals surface area contributed by atoms with Crippen LogP contribution < -0.4 is 5.32 Å². The summed E-state index contributed by atoms with van der Waals surface area (Å²) in [5.74, 6) is -4.07. The van der Waals surface area contributed by atoms with Crippen molar-refractivity contribution in [1.82, 2.24) is 9.78 Å². The normalized spacial score (nSPS) is 10.7. The van der Waals surface area contributed by atoms with Crippen molar-refractivity contribution < 1.29 is 18.7 Å². The van der Waals surface area contributed by atoms with E-state index in [-0.39, 0.29) is 12.2 Å². The lowest BCUT2D eigenvalue weighted by Crippen LogP contribution is -2.08. The first-order valence-electron chi connectivity index (χ1n) is 6.27. The smallest absolute Gasteiger partial charge is 0.338 e. The number of halogens is 2. The van der Waals surface area contributed by atoms with Crippen LogP contribution in [0.3, 0.4) is 0 Å². The maximum absolute atomic E-state index is 13.8. The van der Waals surface area contributed by atoms with Crippen LogP contribution in [0.25, 0.3) is 0 Å². The average Bonchev–Trinajstić information content (AvgIpc) is 2.65. The van der Waals surface area contributed by atoms with Gasteiger partial charge in [0.05, 0.1) is 16.9 Å². The molecule has 0 saturated heterocycles. The highest BCUT2D eigenvalue weighted by Crippen LogP contribution is 2.22. The number of carbonyl (C=O) groups is 1. The van der Waals surface area contributed by atoms with Gasteiger partial charge in [-0.1, -0.05) is 0 Å². The number of hydrogen-bond donors (Lipinski definition) is 2. The highest BCUT2D eigenvalue weighted by atomic mass is 19.2. The molecule has 0 bridgehead atoms. The molecule has 0 aliphatic rings. The summed E-state index contributed by atoms with van der Waals surface area (Å²) < 4.78 is 29.1. The Morgan fingerprint density at radius 2 is 2.00 bits per heavy atom. The van der Waals surface area contributed by atoms with Gasteiger partial charge in [-0.05, 0) is 26.0 Å². The Morgan fingerprint density at radius 1 is 1.33 bits per heavy atom. The average molecular weight is 295 g/mol. The Bertz CT molecular complexity index is 711. The van der Waals surface area contributed by atoms with Gasteiger partial charge in [0.15, 0.2) is 11.6 Å². The molecule has 2 rings (SSSR count). The number of aryl methyl sites for hydroxylation is 2. The van der Waals surface area contributed by atoms with Crippen LogP contribution in [-0.4, -0.2) is 20.9 Å². The Morgan fingerprint density at radius 3 is 2.52 bits per heavy atom. The van der Waals surface area contributed by atoms with Crippen LogP contribution in [0.2, 0.25) is 0 Å². The van der Waals surface area contributed by atoms with Crippen molar-refractivity contribution in [2.45, 2.75) is 20.4 Å². The van der Waals surface area contributed by atoms with Crippen molar-refractivity contribution in [2.24, 2.45) is 7.05 Å². The topological polar surface area (TPSA) is 67.2 Å². The van der Waals surface area contributed by atoms with Gasteiger partial charge in [0.2, 0.25) is 0 Å². The predicted octanol–water partition coefficient (Wildman–Crippen LogP) is 2.63. The minimum absolute atomic E-state index is 0.0832. The molecular formula is C14H15F2N3O2. The van der Waals surface area contributed by atoms with E-state index in [0.717, 1.165) is 23.0 Å². The molecule has 5 nitrogen and oxygen atoms in total. The standard InChI is InChI=1S/C14H15F2N3O2/c1-7-10(8(2)19(3)18-7)6-17-11-5-4-9(14(20)21)12(15)13(11)16/h4-5,17H,6H2,1-3H3,(H,20,21). The van der Waals surface area contributed by atoms with E-state index >= 15 is 0 Å². The molecule has 0 saturated carbocycles. The first kappa shape index (κ1) is 15.0. The van der Waals surface area contributed by atoms with Gasteiger partial charge >= 0.3 is 5.97 Å². The van der Waals surface area contributed by atoms with E-state index in [2.05, 4.69) is 10.4 Å². The zero-order valence-corrected chi connectivity index (χ0v) is 11.9. The van der Waals surface area contributed by atoms with Crippen LogP contribution in [0.4, 0.5) is 14.5 Å².